The smallest absolute Gasteiger partial charge is 0.270 e. The molecule has 4 aromatic carbocycles. The van der Waals surface area contributed by atoms with Gasteiger partial charge in [0.1, 0.15) is 0 Å². The maximum absolute atomic E-state index is 13.8. The van der Waals surface area contributed by atoms with Crippen LogP contribution in [0.2, 0.25) is 0 Å². The molecular formula is C36H31N7O6. The minimum atomic E-state index is -0.574. The molecule has 13 nitrogen and oxygen atoms in total. The van der Waals surface area contributed by atoms with Crippen LogP contribution >= 0.6 is 0 Å². The highest BCUT2D eigenvalue weighted by Gasteiger charge is 2.38. The fourth-order valence-electron chi connectivity index (χ4n) is 6.70. The van der Waals surface area contributed by atoms with E-state index in [9.17, 15) is 29.3 Å². The number of carbonyl (C=O) groups is 4. The van der Waals surface area contributed by atoms with E-state index < -0.39 is 28.8 Å². The highest BCUT2D eigenvalue weighted by molar-refractivity contribution is 6.27. The van der Waals surface area contributed by atoms with Crippen LogP contribution < -0.4 is 10.6 Å². The number of aromatic nitrogens is 2. The number of rotatable bonds is 11. The zero-order valence-electron chi connectivity index (χ0n) is 26.7. The minimum Gasteiger partial charge on any atom is -0.313 e. The van der Waals surface area contributed by atoms with Crippen molar-refractivity contribution in [3.05, 3.63) is 111 Å². The molecule has 2 aliphatic heterocycles. The van der Waals surface area contributed by atoms with Gasteiger partial charge in [-0.05, 0) is 55.0 Å². The summed E-state index contributed by atoms with van der Waals surface area (Å²) in [6.45, 7) is 5.11. The van der Waals surface area contributed by atoms with E-state index in [1.54, 1.807) is 61.8 Å². The summed E-state index contributed by atoms with van der Waals surface area (Å²) in [7, 11) is 0. The predicted octanol–water partition coefficient (Wildman–Crippen LogP) is 4.21. The van der Waals surface area contributed by atoms with Crippen LogP contribution in [0.1, 0.15) is 55.3 Å². The van der Waals surface area contributed by atoms with E-state index in [0.717, 1.165) is 10.3 Å². The zero-order chi connectivity index (χ0) is 34.4. The molecule has 246 valence electrons. The lowest BCUT2D eigenvalue weighted by molar-refractivity contribution is -0.384. The number of nitro benzene ring substituents is 1. The molecular weight excluding hydrogens is 626 g/mol. The van der Waals surface area contributed by atoms with Crippen LogP contribution in [-0.4, -0.2) is 86.6 Å². The molecule has 4 amide bonds. The third-order valence-electron chi connectivity index (χ3n) is 9.01. The van der Waals surface area contributed by atoms with Crippen LogP contribution in [0.3, 0.4) is 0 Å². The van der Waals surface area contributed by atoms with Gasteiger partial charge in [-0.1, -0.05) is 24.3 Å². The highest BCUT2D eigenvalue weighted by atomic mass is 16.6. The van der Waals surface area contributed by atoms with Gasteiger partial charge in [-0.3, -0.25) is 39.1 Å². The van der Waals surface area contributed by atoms with Gasteiger partial charge >= 0.3 is 0 Å². The first-order valence-electron chi connectivity index (χ1n) is 15.9. The van der Waals surface area contributed by atoms with Crippen molar-refractivity contribution in [1.29, 1.82) is 0 Å². The van der Waals surface area contributed by atoms with E-state index in [0.29, 0.717) is 63.9 Å². The number of amides is 4. The van der Waals surface area contributed by atoms with Crippen molar-refractivity contribution in [2.24, 2.45) is 0 Å². The van der Waals surface area contributed by atoms with Gasteiger partial charge < -0.3 is 10.6 Å². The van der Waals surface area contributed by atoms with E-state index in [1.165, 1.54) is 17.0 Å². The Labute approximate surface area is 280 Å². The summed E-state index contributed by atoms with van der Waals surface area (Å²) in [4.78, 5) is 76.2. The van der Waals surface area contributed by atoms with E-state index >= 15 is 0 Å². The van der Waals surface area contributed by atoms with Crippen molar-refractivity contribution in [2.45, 2.75) is 25.9 Å². The Morgan fingerprint density at radius 1 is 0.673 bits per heavy atom. The number of hydrogen-bond acceptors (Lipinski definition) is 10. The molecule has 0 spiro atoms. The van der Waals surface area contributed by atoms with E-state index in [-0.39, 0.29) is 29.6 Å². The number of nitro groups is 1. The van der Waals surface area contributed by atoms with Crippen molar-refractivity contribution < 1.29 is 24.1 Å². The van der Waals surface area contributed by atoms with Gasteiger partial charge in [-0.25, -0.2) is 9.97 Å². The van der Waals surface area contributed by atoms with E-state index in [1.807, 2.05) is 19.1 Å². The number of hydrogen-bond donors (Lipinski definition) is 2. The SMILES string of the molecule is C[C@H](CNCCNC[C@@H](C)N1C(=O)c2cccc3cc([N+](=O)[O-])cc(c23)C1=O)N1C(=O)c2cccc3cc(-c4ncccn4)cc(c23)C1=O. The summed E-state index contributed by atoms with van der Waals surface area (Å²) in [5, 5.41) is 20.3. The van der Waals surface area contributed by atoms with Crippen molar-refractivity contribution >= 4 is 50.9 Å². The van der Waals surface area contributed by atoms with Crippen molar-refractivity contribution in [2.75, 3.05) is 26.2 Å². The molecule has 7 rings (SSSR count). The zero-order valence-corrected chi connectivity index (χ0v) is 26.7. The van der Waals surface area contributed by atoms with E-state index in [4.69, 9.17) is 0 Å². The van der Waals surface area contributed by atoms with Gasteiger partial charge in [0.15, 0.2) is 5.82 Å². The Kier molecular flexibility index (Phi) is 8.14. The van der Waals surface area contributed by atoms with Gasteiger partial charge in [-0.15, -0.1) is 0 Å². The fourth-order valence-corrected chi connectivity index (χ4v) is 6.70. The third-order valence-corrected chi connectivity index (χ3v) is 9.01. The molecule has 2 atom stereocenters. The monoisotopic (exact) mass is 657 g/mol. The first-order valence-corrected chi connectivity index (χ1v) is 15.9. The second-order valence-corrected chi connectivity index (χ2v) is 12.2. The lowest BCUT2D eigenvalue weighted by atomic mass is 9.91. The molecule has 49 heavy (non-hydrogen) atoms. The quantitative estimate of drug-likeness (QED) is 0.0909. The molecule has 2 N–H and O–H groups in total. The van der Waals surface area contributed by atoms with Gasteiger partial charge in [-0.2, -0.15) is 0 Å². The van der Waals surface area contributed by atoms with E-state index in [2.05, 4.69) is 20.6 Å². The minimum absolute atomic E-state index is 0.132. The second kappa shape index (κ2) is 12.6. The van der Waals surface area contributed by atoms with Crippen molar-refractivity contribution in [3.63, 3.8) is 0 Å². The van der Waals surface area contributed by atoms with Gasteiger partial charge in [0, 0.05) is 95.8 Å². The van der Waals surface area contributed by atoms with Crippen LogP contribution in [0.4, 0.5) is 5.69 Å². The summed E-state index contributed by atoms with van der Waals surface area (Å²) in [6.07, 6.45) is 3.27. The van der Waals surface area contributed by atoms with Crippen molar-refractivity contribution in [3.8, 4) is 11.4 Å². The molecule has 0 unspecified atom stereocenters. The Bertz CT molecular complexity index is 2210. The molecule has 1 aromatic heterocycles. The lowest BCUT2D eigenvalue weighted by Gasteiger charge is -2.32. The van der Waals surface area contributed by atoms with Crippen LogP contribution in [0.25, 0.3) is 32.9 Å². The molecule has 0 aliphatic carbocycles. The van der Waals surface area contributed by atoms with Gasteiger partial charge in [0.2, 0.25) is 0 Å². The maximum Gasteiger partial charge on any atom is 0.270 e. The number of nitrogens with zero attached hydrogens (tertiary/aromatic N) is 5. The Hall–Kier alpha value is -5.92. The van der Waals surface area contributed by atoms with Crippen LogP contribution in [-0.2, 0) is 0 Å². The Balaban J connectivity index is 0.971. The third kappa shape index (κ3) is 5.48. The molecule has 0 saturated heterocycles. The first-order chi connectivity index (χ1) is 23.7. The summed E-state index contributed by atoms with van der Waals surface area (Å²) in [6, 6.07) is 17.3. The van der Waals surface area contributed by atoms with Crippen molar-refractivity contribution in [1.82, 2.24) is 30.4 Å². The molecule has 0 bridgehead atoms. The largest absolute Gasteiger partial charge is 0.313 e. The van der Waals surface area contributed by atoms with Crippen LogP contribution in [0, 0.1) is 10.1 Å². The first kappa shape index (κ1) is 31.7. The number of non-ortho nitro benzene ring substituents is 1. The van der Waals surface area contributed by atoms with Crippen LogP contribution in [0.5, 0.6) is 0 Å². The highest BCUT2D eigenvalue weighted by Crippen LogP contribution is 2.35. The molecule has 5 aromatic rings. The number of nitrogens with one attached hydrogen (secondary N) is 2. The molecule has 0 saturated carbocycles. The standard InChI is InChI=1S/C36H31N7O6/c1-20(41-33(44)26-8-3-6-22-14-24(32-39-10-5-11-40-32)16-28(30(22)26)35(41)46)18-37-12-13-38-19-21(2)42-34(45)27-9-4-7-23-15-25(43(48)49)17-29(31(23)27)36(42)47/h3-11,14-17,20-21,37-38H,12-13,18-19H2,1-2H3/t20-,21-/m1/s1. The number of imide groups is 2. The summed E-state index contributed by atoms with van der Waals surface area (Å²) in [5.74, 6) is -1.28. The predicted molar refractivity (Wildman–Crippen MR) is 181 cm³/mol. The molecule has 3 heterocycles. The van der Waals surface area contributed by atoms with Gasteiger partial charge in [0.25, 0.3) is 29.3 Å². The fraction of sp³-hybridized carbons (Fsp3) is 0.222. The number of carbonyl (C=O) groups excluding carboxylic acids is 4. The lowest BCUT2D eigenvalue weighted by Crippen LogP contribution is -2.51. The normalized spacial score (nSPS) is 15.3. The second-order valence-electron chi connectivity index (χ2n) is 12.2. The average Bonchev–Trinajstić information content (AvgIpc) is 3.10. The summed E-state index contributed by atoms with van der Waals surface area (Å²) in [5.41, 5.74) is 1.82. The maximum atomic E-state index is 13.8. The topological polar surface area (TPSA) is 168 Å². The van der Waals surface area contributed by atoms with Gasteiger partial charge in [0.05, 0.1) is 10.5 Å². The number of benzene rings is 4. The molecule has 0 radical (unpaired) electrons. The Morgan fingerprint density at radius 3 is 1.69 bits per heavy atom. The summed E-state index contributed by atoms with van der Waals surface area (Å²) >= 11 is 0. The molecule has 13 heteroatoms. The summed E-state index contributed by atoms with van der Waals surface area (Å²) < 4.78 is 0. The average molecular weight is 658 g/mol. The van der Waals surface area contributed by atoms with Crippen LogP contribution in [0.15, 0.2) is 79.1 Å². The Morgan fingerprint density at radius 2 is 1.16 bits per heavy atom. The molecule has 0 fully saturated rings. The molecule has 2 aliphatic rings.